The van der Waals surface area contributed by atoms with E-state index in [1.165, 1.54) is 25.7 Å². The Bertz CT molecular complexity index is 83.1. The van der Waals surface area contributed by atoms with E-state index < -0.39 is 0 Å². The van der Waals surface area contributed by atoms with Gasteiger partial charge in [-0.2, -0.15) is 0 Å². The van der Waals surface area contributed by atoms with Gasteiger partial charge in [-0.1, -0.05) is 39.5 Å². The van der Waals surface area contributed by atoms with Gasteiger partial charge in [0.1, 0.15) is 0 Å². The molecular formula is C13H30O3. The number of aliphatic hydroxyl groups excluding tert-OH is 1. The number of ether oxygens (including phenoxy) is 2. The second-order valence-corrected chi connectivity index (χ2v) is 4.03. The summed E-state index contributed by atoms with van der Waals surface area (Å²) in [6, 6.07) is 0. The van der Waals surface area contributed by atoms with E-state index in [2.05, 4.69) is 13.8 Å². The first-order valence-corrected chi connectivity index (χ1v) is 6.48. The maximum atomic E-state index is 8.06. The highest BCUT2D eigenvalue weighted by Crippen LogP contribution is 1.95. The summed E-state index contributed by atoms with van der Waals surface area (Å²) in [6.07, 6.45) is 5.37. The lowest BCUT2D eigenvalue weighted by molar-refractivity contribution is -0.0334. The van der Waals surface area contributed by atoms with Gasteiger partial charge < -0.3 is 14.6 Å². The third-order valence-electron chi connectivity index (χ3n) is 1.70. The Hall–Kier alpha value is -0.120. The number of hydrogen-bond acceptors (Lipinski definition) is 3. The molecule has 0 aliphatic carbocycles. The van der Waals surface area contributed by atoms with Gasteiger partial charge in [0.25, 0.3) is 0 Å². The maximum Gasteiger partial charge on any atom is 0.0701 e. The summed E-state index contributed by atoms with van der Waals surface area (Å²) in [5.41, 5.74) is 0. The van der Waals surface area contributed by atoms with Crippen LogP contribution in [0.25, 0.3) is 0 Å². The lowest BCUT2D eigenvalue weighted by Crippen LogP contribution is -2.16. The van der Waals surface area contributed by atoms with Crippen molar-refractivity contribution in [2.24, 2.45) is 0 Å². The van der Waals surface area contributed by atoms with Crippen LogP contribution in [-0.4, -0.2) is 37.6 Å². The molecule has 1 aliphatic heterocycles. The molecule has 3 heteroatoms. The number of aliphatic hydroxyl groups is 1. The largest absolute Gasteiger partial charge is 0.394 e. The first-order valence-electron chi connectivity index (χ1n) is 6.48. The molecule has 0 unspecified atom stereocenters. The Morgan fingerprint density at radius 1 is 0.875 bits per heavy atom. The summed E-state index contributed by atoms with van der Waals surface area (Å²) in [4.78, 5) is 0. The van der Waals surface area contributed by atoms with Gasteiger partial charge in [0, 0.05) is 6.10 Å². The molecule has 0 radical (unpaired) electrons. The molecule has 1 fully saturated rings. The van der Waals surface area contributed by atoms with E-state index in [-0.39, 0.29) is 6.10 Å². The van der Waals surface area contributed by atoms with Gasteiger partial charge in [-0.15, -0.1) is 0 Å². The molecule has 1 saturated heterocycles. The van der Waals surface area contributed by atoms with Crippen molar-refractivity contribution < 1.29 is 14.6 Å². The zero-order valence-corrected chi connectivity index (χ0v) is 11.5. The second-order valence-electron chi connectivity index (χ2n) is 4.03. The van der Waals surface area contributed by atoms with E-state index in [1.54, 1.807) is 13.8 Å². The van der Waals surface area contributed by atoms with Crippen molar-refractivity contribution in [2.75, 3.05) is 26.4 Å². The summed E-state index contributed by atoms with van der Waals surface area (Å²) in [7, 11) is 0. The van der Waals surface area contributed by atoms with E-state index in [4.69, 9.17) is 14.6 Å². The molecule has 0 aromatic carbocycles. The first kappa shape index (κ1) is 18.3. The van der Waals surface area contributed by atoms with Crippen LogP contribution in [0.2, 0.25) is 0 Å². The summed E-state index contributed by atoms with van der Waals surface area (Å²) in [5, 5.41) is 8.06. The van der Waals surface area contributed by atoms with Gasteiger partial charge in [-0.05, 0) is 13.8 Å². The van der Waals surface area contributed by atoms with Crippen molar-refractivity contribution in [3.63, 3.8) is 0 Å². The predicted molar refractivity (Wildman–Crippen MR) is 68.8 cm³/mol. The molecule has 0 bridgehead atoms. The zero-order chi connectivity index (χ0) is 12.6. The van der Waals surface area contributed by atoms with Crippen LogP contribution in [0.15, 0.2) is 0 Å². The second kappa shape index (κ2) is 17.3. The summed E-state index contributed by atoms with van der Waals surface area (Å²) in [5.74, 6) is 0. The molecule has 3 nitrogen and oxygen atoms in total. The van der Waals surface area contributed by atoms with E-state index in [0.29, 0.717) is 0 Å². The van der Waals surface area contributed by atoms with Crippen molar-refractivity contribution in [3.8, 4) is 0 Å². The molecule has 0 aromatic rings. The monoisotopic (exact) mass is 234 g/mol. The van der Waals surface area contributed by atoms with Crippen molar-refractivity contribution in [1.29, 1.82) is 0 Å². The SMILES string of the molecule is C1COCCO1.CC(C)O.CCCCCC. The highest BCUT2D eigenvalue weighted by atomic mass is 16.6. The van der Waals surface area contributed by atoms with Crippen LogP contribution < -0.4 is 0 Å². The van der Waals surface area contributed by atoms with Crippen molar-refractivity contribution in [1.82, 2.24) is 0 Å². The summed E-state index contributed by atoms with van der Waals surface area (Å²) in [6.45, 7) is 11.0. The van der Waals surface area contributed by atoms with E-state index in [9.17, 15) is 0 Å². The molecule has 0 spiro atoms. The quantitative estimate of drug-likeness (QED) is 0.763. The van der Waals surface area contributed by atoms with Gasteiger partial charge in [0.2, 0.25) is 0 Å². The van der Waals surface area contributed by atoms with Crippen LogP contribution in [-0.2, 0) is 9.47 Å². The van der Waals surface area contributed by atoms with Crippen LogP contribution in [0.1, 0.15) is 53.4 Å². The molecule has 1 aliphatic rings. The summed E-state index contributed by atoms with van der Waals surface area (Å²) < 4.78 is 9.89. The van der Waals surface area contributed by atoms with Crippen LogP contribution in [0.3, 0.4) is 0 Å². The van der Waals surface area contributed by atoms with Gasteiger partial charge >= 0.3 is 0 Å². The predicted octanol–water partition coefficient (Wildman–Crippen LogP) is 3.01. The number of rotatable bonds is 3. The molecular weight excluding hydrogens is 204 g/mol. The zero-order valence-electron chi connectivity index (χ0n) is 11.5. The fourth-order valence-electron chi connectivity index (χ4n) is 0.940. The minimum atomic E-state index is -0.167. The van der Waals surface area contributed by atoms with Crippen LogP contribution >= 0.6 is 0 Å². The van der Waals surface area contributed by atoms with Crippen LogP contribution in [0.4, 0.5) is 0 Å². The molecule has 0 atom stereocenters. The number of hydrogen-bond donors (Lipinski definition) is 1. The molecule has 0 saturated carbocycles. The smallest absolute Gasteiger partial charge is 0.0701 e. The summed E-state index contributed by atoms with van der Waals surface area (Å²) >= 11 is 0. The topological polar surface area (TPSA) is 38.7 Å². The Balaban J connectivity index is 0. The van der Waals surface area contributed by atoms with Crippen LogP contribution in [0, 0.1) is 0 Å². The minimum absolute atomic E-state index is 0.167. The minimum Gasteiger partial charge on any atom is -0.394 e. The third-order valence-corrected chi connectivity index (χ3v) is 1.70. The Morgan fingerprint density at radius 2 is 1.12 bits per heavy atom. The van der Waals surface area contributed by atoms with Crippen LogP contribution in [0.5, 0.6) is 0 Å². The Labute approximate surface area is 101 Å². The highest BCUT2D eigenvalue weighted by molar-refractivity contribution is 4.37. The average molecular weight is 234 g/mol. The van der Waals surface area contributed by atoms with Crippen molar-refractivity contribution in [2.45, 2.75) is 59.5 Å². The van der Waals surface area contributed by atoms with E-state index >= 15 is 0 Å². The van der Waals surface area contributed by atoms with E-state index in [1.807, 2.05) is 0 Å². The lowest BCUT2D eigenvalue weighted by Gasteiger charge is -2.09. The molecule has 1 rings (SSSR count). The van der Waals surface area contributed by atoms with E-state index in [0.717, 1.165) is 26.4 Å². The Morgan fingerprint density at radius 3 is 1.25 bits per heavy atom. The molecule has 0 aromatic heterocycles. The van der Waals surface area contributed by atoms with Gasteiger partial charge in [0.15, 0.2) is 0 Å². The fraction of sp³-hybridized carbons (Fsp3) is 1.00. The Kier molecular flexibility index (Phi) is 19.7. The average Bonchev–Trinajstić information content (AvgIpc) is 2.29. The van der Waals surface area contributed by atoms with Gasteiger partial charge in [-0.25, -0.2) is 0 Å². The number of unbranched alkanes of at least 4 members (excludes halogenated alkanes) is 3. The molecule has 16 heavy (non-hydrogen) atoms. The molecule has 100 valence electrons. The standard InChI is InChI=1S/C6H14.C4H8O2.C3H8O/c1-3-5-6-4-2;1-2-6-4-3-5-1;1-3(2)4/h3-6H2,1-2H3;1-4H2;3-4H,1-2H3. The third kappa shape index (κ3) is 29.2. The molecule has 0 amide bonds. The normalized spacial score (nSPS) is 14.6. The molecule has 1 heterocycles. The molecule has 1 N–H and O–H groups in total. The first-order chi connectivity index (χ1) is 7.65. The van der Waals surface area contributed by atoms with Gasteiger partial charge in [-0.3, -0.25) is 0 Å². The lowest BCUT2D eigenvalue weighted by atomic mass is 10.2. The fourth-order valence-corrected chi connectivity index (χ4v) is 0.940. The van der Waals surface area contributed by atoms with Gasteiger partial charge in [0.05, 0.1) is 26.4 Å². The van der Waals surface area contributed by atoms with Crippen molar-refractivity contribution >= 4 is 0 Å². The van der Waals surface area contributed by atoms with Crippen molar-refractivity contribution in [3.05, 3.63) is 0 Å². The maximum absolute atomic E-state index is 8.06. The highest BCUT2D eigenvalue weighted by Gasteiger charge is 1.94.